The van der Waals surface area contributed by atoms with Gasteiger partial charge in [-0.25, -0.2) is 13.2 Å². The van der Waals surface area contributed by atoms with Crippen molar-refractivity contribution in [3.8, 4) is 0 Å². The van der Waals surface area contributed by atoms with E-state index in [9.17, 15) is 18.0 Å². The molecule has 110 valence electrons. The SMILES string of the molecule is COC(=O)c1ccc(S(=O)(=O)N2CCC(C(=O)O)C2)s1. The third-order valence-corrected chi connectivity index (χ3v) is 6.46. The van der Waals surface area contributed by atoms with Crippen LogP contribution in [-0.2, 0) is 19.6 Å². The third-order valence-electron chi connectivity index (χ3n) is 3.06. The Balaban J connectivity index is 2.21. The molecule has 1 atom stereocenters. The molecule has 0 radical (unpaired) electrons. The molecule has 0 amide bonds. The van der Waals surface area contributed by atoms with E-state index in [1.54, 1.807) is 0 Å². The van der Waals surface area contributed by atoms with Gasteiger partial charge in [0.2, 0.25) is 0 Å². The number of carboxylic acid groups (broad SMARTS) is 1. The lowest BCUT2D eigenvalue weighted by Gasteiger charge is -2.14. The van der Waals surface area contributed by atoms with Gasteiger partial charge in [0, 0.05) is 13.1 Å². The van der Waals surface area contributed by atoms with Crippen LogP contribution in [0.25, 0.3) is 0 Å². The molecule has 0 aliphatic carbocycles. The van der Waals surface area contributed by atoms with Crippen LogP contribution < -0.4 is 0 Å². The number of nitrogens with zero attached hydrogens (tertiary/aromatic N) is 1. The Kier molecular flexibility index (Phi) is 4.11. The number of sulfonamides is 1. The van der Waals surface area contributed by atoms with Crippen molar-refractivity contribution in [2.45, 2.75) is 10.6 Å². The quantitative estimate of drug-likeness (QED) is 0.817. The molecule has 20 heavy (non-hydrogen) atoms. The van der Waals surface area contributed by atoms with Crippen molar-refractivity contribution in [3.05, 3.63) is 17.0 Å². The van der Waals surface area contributed by atoms with Gasteiger partial charge in [-0.15, -0.1) is 11.3 Å². The van der Waals surface area contributed by atoms with Gasteiger partial charge in [-0.1, -0.05) is 0 Å². The highest BCUT2D eigenvalue weighted by molar-refractivity contribution is 7.91. The zero-order valence-corrected chi connectivity index (χ0v) is 12.2. The summed E-state index contributed by atoms with van der Waals surface area (Å²) < 4.78 is 30.3. The van der Waals surface area contributed by atoms with Gasteiger partial charge in [-0.3, -0.25) is 4.79 Å². The first-order valence-corrected chi connectivity index (χ1v) is 8.03. The summed E-state index contributed by atoms with van der Waals surface area (Å²) in [6.45, 7) is 0.133. The molecule has 0 spiro atoms. The maximum absolute atomic E-state index is 12.3. The smallest absolute Gasteiger partial charge is 0.348 e. The average molecular weight is 319 g/mol. The van der Waals surface area contributed by atoms with Crippen LogP contribution in [-0.4, -0.2) is 50.0 Å². The summed E-state index contributed by atoms with van der Waals surface area (Å²) in [5, 5.41) is 8.90. The lowest BCUT2D eigenvalue weighted by Crippen LogP contribution is -2.29. The summed E-state index contributed by atoms with van der Waals surface area (Å²) in [7, 11) is -2.53. The third kappa shape index (κ3) is 2.69. The monoisotopic (exact) mass is 319 g/mol. The fraction of sp³-hybridized carbons (Fsp3) is 0.455. The van der Waals surface area contributed by atoms with Crippen molar-refractivity contribution in [2.75, 3.05) is 20.2 Å². The Hall–Kier alpha value is -1.45. The van der Waals surface area contributed by atoms with E-state index >= 15 is 0 Å². The van der Waals surface area contributed by atoms with Crippen molar-refractivity contribution in [1.29, 1.82) is 0 Å². The minimum absolute atomic E-state index is 0.0175. The fourth-order valence-electron chi connectivity index (χ4n) is 1.94. The number of carbonyl (C=O) groups is 2. The first kappa shape index (κ1) is 14.9. The number of methoxy groups -OCH3 is 1. The molecule has 1 aromatic rings. The van der Waals surface area contributed by atoms with E-state index in [2.05, 4.69) is 4.74 Å². The van der Waals surface area contributed by atoms with Gasteiger partial charge in [0.1, 0.15) is 9.09 Å². The number of hydrogen-bond donors (Lipinski definition) is 1. The Labute approximate surface area is 119 Å². The number of rotatable bonds is 4. The molecule has 1 N–H and O–H groups in total. The van der Waals surface area contributed by atoms with E-state index in [4.69, 9.17) is 5.11 Å². The molecule has 0 bridgehead atoms. The van der Waals surface area contributed by atoms with E-state index in [1.165, 1.54) is 19.2 Å². The van der Waals surface area contributed by atoms with E-state index in [-0.39, 0.29) is 22.2 Å². The maximum atomic E-state index is 12.3. The van der Waals surface area contributed by atoms with Gasteiger partial charge in [-0.2, -0.15) is 4.31 Å². The van der Waals surface area contributed by atoms with Crippen molar-refractivity contribution >= 4 is 33.3 Å². The van der Waals surface area contributed by atoms with Crippen molar-refractivity contribution in [3.63, 3.8) is 0 Å². The van der Waals surface area contributed by atoms with E-state index in [0.29, 0.717) is 6.42 Å². The van der Waals surface area contributed by atoms with Gasteiger partial charge in [-0.05, 0) is 18.6 Å². The van der Waals surface area contributed by atoms with Gasteiger partial charge < -0.3 is 9.84 Å². The molecule has 1 aliphatic heterocycles. The van der Waals surface area contributed by atoms with Gasteiger partial charge >= 0.3 is 11.9 Å². The van der Waals surface area contributed by atoms with Gasteiger partial charge in [0.25, 0.3) is 10.0 Å². The van der Waals surface area contributed by atoms with Crippen LogP contribution in [0.15, 0.2) is 16.3 Å². The molecule has 1 saturated heterocycles. The number of aliphatic carboxylic acids is 1. The summed E-state index contributed by atoms with van der Waals surface area (Å²) in [4.78, 5) is 22.4. The second-order valence-electron chi connectivity index (χ2n) is 4.30. The zero-order valence-electron chi connectivity index (χ0n) is 10.6. The molecule has 1 aromatic heterocycles. The topological polar surface area (TPSA) is 101 Å². The molecule has 1 fully saturated rings. The highest BCUT2D eigenvalue weighted by Gasteiger charge is 2.36. The highest BCUT2D eigenvalue weighted by Crippen LogP contribution is 2.29. The minimum atomic E-state index is -3.75. The molecule has 7 nitrogen and oxygen atoms in total. The number of carbonyl (C=O) groups excluding carboxylic acids is 1. The average Bonchev–Trinajstić information content (AvgIpc) is 3.06. The molecule has 2 rings (SSSR count). The second-order valence-corrected chi connectivity index (χ2v) is 7.55. The molecule has 1 aliphatic rings. The van der Waals surface area contributed by atoms with Crippen molar-refractivity contribution < 1.29 is 27.9 Å². The predicted molar refractivity (Wildman–Crippen MR) is 70.2 cm³/mol. The lowest BCUT2D eigenvalue weighted by molar-refractivity contribution is -0.141. The first-order valence-electron chi connectivity index (χ1n) is 5.77. The summed E-state index contributed by atoms with van der Waals surface area (Å²) in [5.74, 6) is -2.27. The van der Waals surface area contributed by atoms with Crippen LogP contribution >= 0.6 is 11.3 Å². The number of ether oxygens (including phenoxy) is 1. The molecule has 2 heterocycles. The largest absolute Gasteiger partial charge is 0.481 e. The summed E-state index contributed by atoms with van der Waals surface area (Å²) in [5.41, 5.74) is 0. The molecule has 1 unspecified atom stereocenters. The molecular formula is C11H13NO6S2. The molecular weight excluding hydrogens is 306 g/mol. The van der Waals surface area contributed by atoms with Crippen LogP contribution in [0.4, 0.5) is 0 Å². The Morgan fingerprint density at radius 3 is 2.70 bits per heavy atom. The van der Waals surface area contributed by atoms with E-state index < -0.39 is 27.9 Å². The second kappa shape index (κ2) is 5.51. The minimum Gasteiger partial charge on any atom is -0.481 e. The summed E-state index contributed by atoms with van der Waals surface area (Å²) in [6.07, 6.45) is 0.295. The van der Waals surface area contributed by atoms with Crippen molar-refractivity contribution in [2.24, 2.45) is 5.92 Å². The van der Waals surface area contributed by atoms with Crippen LogP contribution in [0.1, 0.15) is 16.1 Å². The normalized spacial score (nSPS) is 19.9. The van der Waals surface area contributed by atoms with Crippen LogP contribution in [0.3, 0.4) is 0 Å². The Morgan fingerprint density at radius 2 is 2.15 bits per heavy atom. The van der Waals surface area contributed by atoms with E-state index in [0.717, 1.165) is 15.6 Å². The van der Waals surface area contributed by atoms with Crippen molar-refractivity contribution in [1.82, 2.24) is 4.31 Å². The molecule has 9 heteroatoms. The molecule has 0 aromatic carbocycles. The zero-order chi connectivity index (χ0) is 14.9. The number of hydrogen-bond acceptors (Lipinski definition) is 6. The lowest BCUT2D eigenvalue weighted by atomic mass is 10.1. The van der Waals surface area contributed by atoms with Crippen LogP contribution in [0, 0.1) is 5.92 Å². The van der Waals surface area contributed by atoms with Gasteiger partial charge in [0.15, 0.2) is 0 Å². The predicted octanol–water partition coefficient (Wildman–Crippen LogP) is 0.630. The number of esters is 1. The first-order chi connectivity index (χ1) is 9.36. The van der Waals surface area contributed by atoms with Crippen LogP contribution in [0.2, 0.25) is 0 Å². The van der Waals surface area contributed by atoms with Crippen LogP contribution in [0.5, 0.6) is 0 Å². The molecule has 0 saturated carbocycles. The highest BCUT2D eigenvalue weighted by atomic mass is 32.2. The summed E-state index contributed by atoms with van der Waals surface area (Å²) >= 11 is 0.817. The Bertz CT molecular complexity index is 635. The van der Waals surface area contributed by atoms with E-state index in [1.807, 2.05) is 0 Å². The standard InChI is InChI=1S/C11H13NO6S2/c1-18-11(15)8-2-3-9(19-8)20(16,17)12-5-4-7(6-12)10(13)14/h2-3,7H,4-6H2,1H3,(H,13,14). The van der Waals surface area contributed by atoms with Gasteiger partial charge in [0.05, 0.1) is 13.0 Å². The number of thiophene rings is 1. The number of carboxylic acids is 1. The summed E-state index contributed by atoms with van der Waals surface area (Å²) in [6, 6.07) is 2.72. The fourth-order valence-corrected chi connectivity index (χ4v) is 4.82. The maximum Gasteiger partial charge on any atom is 0.348 e. The Morgan fingerprint density at radius 1 is 1.45 bits per heavy atom.